The summed E-state index contributed by atoms with van der Waals surface area (Å²) in [5, 5.41) is 0. The fraction of sp³-hybridized carbons (Fsp3) is 0.556. The van der Waals surface area contributed by atoms with Crippen LogP contribution < -0.4 is 0 Å². The summed E-state index contributed by atoms with van der Waals surface area (Å²) in [6.45, 7) is 4.52. The van der Waals surface area contributed by atoms with E-state index in [0.717, 1.165) is 5.92 Å². The molecule has 1 unspecified atom stereocenters. The number of allylic oxidation sites excluding steroid dienone is 2. The van der Waals surface area contributed by atoms with Gasteiger partial charge in [-0.2, -0.15) is 0 Å². The van der Waals surface area contributed by atoms with E-state index in [0.29, 0.717) is 0 Å². The van der Waals surface area contributed by atoms with Gasteiger partial charge in [-0.1, -0.05) is 69.2 Å². The van der Waals surface area contributed by atoms with E-state index in [1.165, 1.54) is 50.5 Å². The average molecular weight is 244 g/mol. The molecule has 0 radical (unpaired) electrons. The third-order valence-electron chi connectivity index (χ3n) is 3.45. The third-order valence-corrected chi connectivity index (χ3v) is 3.45. The van der Waals surface area contributed by atoms with Gasteiger partial charge in [0.2, 0.25) is 0 Å². The highest BCUT2D eigenvalue weighted by Crippen LogP contribution is 2.26. The van der Waals surface area contributed by atoms with Gasteiger partial charge in [0.15, 0.2) is 0 Å². The highest BCUT2D eigenvalue weighted by molar-refractivity contribution is 5.19. The molecule has 100 valence electrons. The molecule has 0 aliphatic carbocycles. The molecule has 0 nitrogen and oxygen atoms in total. The molecule has 0 bridgehead atoms. The molecule has 0 amide bonds. The van der Waals surface area contributed by atoms with E-state index in [2.05, 4.69) is 56.3 Å². The van der Waals surface area contributed by atoms with Crippen LogP contribution in [0.2, 0.25) is 0 Å². The molecule has 1 atom stereocenters. The Morgan fingerprint density at radius 1 is 0.889 bits per heavy atom. The van der Waals surface area contributed by atoms with Crippen molar-refractivity contribution < 1.29 is 0 Å². The lowest BCUT2D eigenvalue weighted by molar-refractivity contribution is 0.548. The second-order valence-corrected chi connectivity index (χ2v) is 5.09. The molecular weight excluding hydrogens is 216 g/mol. The van der Waals surface area contributed by atoms with Crippen molar-refractivity contribution in [1.29, 1.82) is 0 Å². The van der Waals surface area contributed by atoms with Crippen molar-refractivity contribution >= 4 is 0 Å². The second kappa shape index (κ2) is 9.94. The molecule has 0 fully saturated rings. The summed E-state index contributed by atoms with van der Waals surface area (Å²) in [6, 6.07) is 11.0. The number of unbranched alkanes of at least 4 members (excludes halogenated alkanes) is 2. The molecular formula is C18H28. The summed E-state index contributed by atoms with van der Waals surface area (Å²) < 4.78 is 0. The van der Waals surface area contributed by atoms with E-state index < -0.39 is 0 Å². The molecule has 1 aromatic carbocycles. The van der Waals surface area contributed by atoms with Crippen LogP contribution in [-0.2, 0) is 0 Å². The minimum Gasteiger partial charge on any atom is -0.0885 e. The fourth-order valence-electron chi connectivity index (χ4n) is 2.44. The third kappa shape index (κ3) is 6.05. The Kier molecular flexibility index (Phi) is 8.29. The van der Waals surface area contributed by atoms with Crippen LogP contribution in [0.5, 0.6) is 0 Å². The van der Waals surface area contributed by atoms with Crippen LogP contribution in [-0.4, -0.2) is 0 Å². The Morgan fingerprint density at radius 3 is 2.28 bits per heavy atom. The molecule has 0 heterocycles. The van der Waals surface area contributed by atoms with Crippen LogP contribution >= 0.6 is 0 Å². The lowest BCUT2D eigenvalue weighted by atomic mass is 9.90. The predicted molar refractivity (Wildman–Crippen MR) is 82.0 cm³/mol. The van der Waals surface area contributed by atoms with Crippen molar-refractivity contribution in [2.24, 2.45) is 0 Å². The molecule has 0 spiro atoms. The Morgan fingerprint density at radius 2 is 1.61 bits per heavy atom. The van der Waals surface area contributed by atoms with E-state index in [9.17, 15) is 0 Å². The molecule has 1 rings (SSSR count). The summed E-state index contributed by atoms with van der Waals surface area (Å²) in [4.78, 5) is 0. The SMILES string of the molecule is CCC/C=C/CCCC(CCC)c1ccccc1. The average Bonchev–Trinajstić information content (AvgIpc) is 2.42. The van der Waals surface area contributed by atoms with E-state index >= 15 is 0 Å². The highest BCUT2D eigenvalue weighted by atomic mass is 14.1. The molecule has 0 aliphatic heterocycles. The Balaban J connectivity index is 2.35. The van der Waals surface area contributed by atoms with Crippen molar-refractivity contribution in [1.82, 2.24) is 0 Å². The highest BCUT2D eigenvalue weighted by Gasteiger charge is 2.09. The number of benzene rings is 1. The monoisotopic (exact) mass is 244 g/mol. The zero-order valence-electron chi connectivity index (χ0n) is 12.1. The van der Waals surface area contributed by atoms with Gasteiger partial charge in [0.1, 0.15) is 0 Å². The first kappa shape index (κ1) is 15.0. The van der Waals surface area contributed by atoms with Crippen LogP contribution in [0.3, 0.4) is 0 Å². The first-order valence-electron chi connectivity index (χ1n) is 7.58. The minimum absolute atomic E-state index is 0.760. The molecule has 1 aromatic rings. The molecule has 0 heteroatoms. The minimum atomic E-state index is 0.760. The molecule has 0 saturated heterocycles. The molecule has 0 aromatic heterocycles. The molecule has 0 N–H and O–H groups in total. The second-order valence-electron chi connectivity index (χ2n) is 5.09. The lowest BCUT2D eigenvalue weighted by Gasteiger charge is -2.16. The van der Waals surface area contributed by atoms with Crippen molar-refractivity contribution in [2.75, 3.05) is 0 Å². The Labute approximate surface area is 113 Å². The maximum Gasteiger partial charge on any atom is -0.0162 e. The van der Waals surface area contributed by atoms with Gasteiger partial charge in [0, 0.05) is 0 Å². The van der Waals surface area contributed by atoms with Gasteiger partial charge >= 0.3 is 0 Å². The van der Waals surface area contributed by atoms with Crippen molar-refractivity contribution in [3.05, 3.63) is 48.0 Å². The van der Waals surface area contributed by atoms with E-state index in [1.54, 1.807) is 0 Å². The Hall–Kier alpha value is -1.04. The normalized spacial score (nSPS) is 13.0. The van der Waals surface area contributed by atoms with Gasteiger partial charge in [-0.05, 0) is 43.6 Å². The predicted octanol–water partition coefficient (Wildman–Crippen LogP) is 6.10. The van der Waals surface area contributed by atoms with Crippen LogP contribution in [0.4, 0.5) is 0 Å². The largest absolute Gasteiger partial charge is 0.0885 e. The van der Waals surface area contributed by atoms with Crippen molar-refractivity contribution in [3.8, 4) is 0 Å². The first-order chi connectivity index (χ1) is 8.88. The van der Waals surface area contributed by atoms with E-state index in [4.69, 9.17) is 0 Å². The quantitative estimate of drug-likeness (QED) is 0.364. The first-order valence-corrected chi connectivity index (χ1v) is 7.58. The molecule has 18 heavy (non-hydrogen) atoms. The summed E-state index contributed by atoms with van der Waals surface area (Å²) in [5.41, 5.74) is 1.52. The molecule has 0 aliphatic rings. The fourth-order valence-corrected chi connectivity index (χ4v) is 2.44. The summed E-state index contributed by atoms with van der Waals surface area (Å²) in [6.07, 6.45) is 13.7. The van der Waals surface area contributed by atoms with Crippen molar-refractivity contribution in [3.63, 3.8) is 0 Å². The van der Waals surface area contributed by atoms with Gasteiger partial charge in [-0.15, -0.1) is 0 Å². The van der Waals surface area contributed by atoms with E-state index in [-0.39, 0.29) is 0 Å². The van der Waals surface area contributed by atoms with Gasteiger partial charge < -0.3 is 0 Å². The number of hydrogen-bond donors (Lipinski definition) is 0. The molecule has 0 saturated carbocycles. The van der Waals surface area contributed by atoms with Crippen LogP contribution in [0, 0.1) is 0 Å². The topological polar surface area (TPSA) is 0 Å². The van der Waals surface area contributed by atoms with Gasteiger partial charge in [-0.25, -0.2) is 0 Å². The summed E-state index contributed by atoms with van der Waals surface area (Å²) >= 11 is 0. The van der Waals surface area contributed by atoms with Crippen molar-refractivity contribution in [2.45, 2.75) is 64.7 Å². The zero-order valence-corrected chi connectivity index (χ0v) is 12.1. The smallest absolute Gasteiger partial charge is 0.0162 e. The maximum atomic E-state index is 2.36. The van der Waals surface area contributed by atoms with Crippen LogP contribution in [0.1, 0.15) is 70.3 Å². The number of rotatable bonds is 9. The van der Waals surface area contributed by atoms with Gasteiger partial charge in [0.05, 0.1) is 0 Å². The summed E-state index contributed by atoms with van der Waals surface area (Å²) in [7, 11) is 0. The number of hydrogen-bond acceptors (Lipinski definition) is 0. The summed E-state index contributed by atoms with van der Waals surface area (Å²) in [5.74, 6) is 0.760. The van der Waals surface area contributed by atoms with E-state index in [1.807, 2.05) is 0 Å². The standard InChI is InChI=1S/C18H28/c1-3-5-6-7-8-10-14-17(13-4-2)18-15-11-9-12-16-18/h6-7,9,11-12,15-17H,3-5,8,10,13-14H2,1-2H3/b7-6+. The Bertz CT molecular complexity index is 310. The van der Waals surface area contributed by atoms with Gasteiger partial charge in [0.25, 0.3) is 0 Å². The van der Waals surface area contributed by atoms with Crippen LogP contribution in [0.25, 0.3) is 0 Å². The lowest BCUT2D eigenvalue weighted by Crippen LogP contribution is -1.98. The zero-order chi connectivity index (χ0) is 13.1. The van der Waals surface area contributed by atoms with Gasteiger partial charge in [-0.3, -0.25) is 0 Å². The van der Waals surface area contributed by atoms with Crippen LogP contribution in [0.15, 0.2) is 42.5 Å². The maximum absolute atomic E-state index is 2.36.